The van der Waals surface area contributed by atoms with Gasteiger partial charge < -0.3 is 24.3 Å². The van der Waals surface area contributed by atoms with E-state index in [0.717, 1.165) is 5.56 Å². The van der Waals surface area contributed by atoms with Crippen molar-refractivity contribution in [2.75, 3.05) is 27.9 Å². The standard InChI is InChI=1S/C19H21NO6/c1-23-16-8-7-13(9-17(16)24-2)11-20-18(21)12-26-15-6-4-5-14(10-15)19(22)25-3/h4-10H,11-12H2,1-3H3,(H,20,21). The van der Waals surface area contributed by atoms with Gasteiger partial charge in [-0.05, 0) is 35.9 Å². The lowest BCUT2D eigenvalue weighted by Crippen LogP contribution is -2.28. The smallest absolute Gasteiger partial charge is 0.337 e. The Morgan fingerprint density at radius 1 is 0.962 bits per heavy atom. The first-order valence-corrected chi connectivity index (χ1v) is 7.86. The van der Waals surface area contributed by atoms with Gasteiger partial charge in [-0.2, -0.15) is 0 Å². The van der Waals surface area contributed by atoms with Gasteiger partial charge in [0.15, 0.2) is 18.1 Å². The predicted molar refractivity (Wildman–Crippen MR) is 94.7 cm³/mol. The fourth-order valence-electron chi connectivity index (χ4n) is 2.22. The van der Waals surface area contributed by atoms with Crippen molar-refractivity contribution in [3.63, 3.8) is 0 Å². The van der Waals surface area contributed by atoms with Crippen LogP contribution in [0, 0.1) is 0 Å². The fraction of sp³-hybridized carbons (Fsp3) is 0.263. The highest BCUT2D eigenvalue weighted by atomic mass is 16.5. The van der Waals surface area contributed by atoms with E-state index in [1.807, 2.05) is 6.07 Å². The van der Waals surface area contributed by atoms with Gasteiger partial charge >= 0.3 is 5.97 Å². The Balaban J connectivity index is 1.87. The molecule has 7 nitrogen and oxygen atoms in total. The van der Waals surface area contributed by atoms with E-state index in [2.05, 4.69) is 10.1 Å². The summed E-state index contributed by atoms with van der Waals surface area (Å²) in [4.78, 5) is 23.4. The van der Waals surface area contributed by atoms with Crippen LogP contribution in [0.15, 0.2) is 42.5 Å². The van der Waals surface area contributed by atoms with Crippen molar-refractivity contribution in [3.8, 4) is 17.2 Å². The van der Waals surface area contributed by atoms with Crippen LogP contribution in [0.4, 0.5) is 0 Å². The third-order valence-electron chi connectivity index (χ3n) is 3.56. The molecule has 1 amide bonds. The van der Waals surface area contributed by atoms with Crippen molar-refractivity contribution in [3.05, 3.63) is 53.6 Å². The van der Waals surface area contributed by atoms with Gasteiger partial charge in [-0.15, -0.1) is 0 Å². The summed E-state index contributed by atoms with van der Waals surface area (Å²) in [5.74, 6) is 0.872. The molecule has 138 valence electrons. The summed E-state index contributed by atoms with van der Waals surface area (Å²) >= 11 is 0. The number of ether oxygens (including phenoxy) is 4. The van der Waals surface area contributed by atoms with Crippen LogP contribution in [-0.4, -0.2) is 39.8 Å². The summed E-state index contributed by atoms with van der Waals surface area (Å²) < 4.78 is 20.5. The summed E-state index contributed by atoms with van der Waals surface area (Å²) in [6, 6.07) is 11.8. The highest BCUT2D eigenvalue weighted by molar-refractivity contribution is 5.89. The van der Waals surface area contributed by atoms with Gasteiger partial charge in [0.2, 0.25) is 0 Å². The summed E-state index contributed by atoms with van der Waals surface area (Å²) in [5, 5.41) is 2.75. The zero-order chi connectivity index (χ0) is 18.9. The van der Waals surface area contributed by atoms with Crippen molar-refractivity contribution < 1.29 is 28.5 Å². The average Bonchev–Trinajstić information content (AvgIpc) is 2.69. The Morgan fingerprint density at radius 3 is 2.42 bits per heavy atom. The van der Waals surface area contributed by atoms with Crippen molar-refractivity contribution in [2.45, 2.75) is 6.54 Å². The third-order valence-corrected chi connectivity index (χ3v) is 3.56. The molecular weight excluding hydrogens is 338 g/mol. The van der Waals surface area contributed by atoms with Crippen LogP contribution >= 0.6 is 0 Å². The van der Waals surface area contributed by atoms with Crippen molar-refractivity contribution in [1.29, 1.82) is 0 Å². The number of hydrogen-bond acceptors (Lipinski definition) is 6. The molecule has 0 saturated carbocycles. The van der Waals surface area contributed by atoms with Crippen LogP contribution in [0.5, 0.6) is 17.2 Å². The molecule has 0 aliphatic heterocycles. The van der Waals surface area contributed by atoms with E-state index < -0.39 is 5.97 Å². The van der Waals surface area contributed by atoms with Crippen LogP contribution in [0.3, 0.4) is 0 Å². The number of nitrogens with one attached hydrogen (secondary N) is 1. The number of methoxy groups -OCH3 is 3. The number of amides is 1. The van der Waals surface area contributed by atoms with Crippen molar-refractivity contribution in [2.24, 2.45) is 0 Å². The lowest BCUT2D eigenvalue weighted by molar-refractivity contribution is -0.123. The van der Waals surface area contributed by atoms with E-state index >= 15 is 0 Å². The zero-order valence-electron chi connectivity index (χ0n) is 14.9. The average molecular weight is 359 g/mol. The largest absolute Gasteiger partial charge is 0.493 e. The maximum Gasteiger partial charge on any atom is 0.337 e. The zero-order valence-corrected chi connectivity index (χ0v) is 14.9. The molecule has 0 heterocycles. The molecule has 1 N–H and O–H groups in total. The quantitative estimate of drug-likeness (QED) is 0.728. The first-order chi connectivity index (χ1) is 12.6. The molecule has 0 aromatic heterocycles. The van der Waals surface area contributed by atoms with E-state index in [4.69, 9.17) is 14.2 Å². The lowest BCUT2D eigenvalue weighted by Gasteiger charge is -2.11. The summed E-state index contributed by atoms with van der Waals surface area (Å²) in [6.07, 6.45) is 0. The van der Waals surface area contributed by atoms with Gasteiger partial charge in [0, 0.05) is 6.54 Å². The summed E-state index contributed by atoms with van der Waals surface area (Å²) in [5.41, 5.74) is 1.22. The molecule has 0 bridgehead atoms. The molecule has 0 saturated heterocycles. The van der Waals surface area contributed by atoms with Crippen LogP contribution in [0.25, 0.3) is 0 Å². The Hall–Kier alpha value is -3.22. The molecule has 26 heavy (non-hydrogen) atoms. The van der Waals surface area contributed by atoms with E-state index in [-0.39, 0.29) is 12.5 Å². The Labute approximate surface area is 151 Å². The number of rotatable bonds is 8. The van der Waals surface area contributed by atoms with Gasteiger partial charge in [0.25, 0.3) is 5.91 Å². The second kappa shape index (κ2) is 9.31. The van der Waals surface area contributed by atoms with Gasteiger partial charge in [-0.3, -0.25) is 4.79 Å². The molecular formula is C19H21NO6. The van der Waals surface area contributed by atoms with Gasteiger partial charge in [0.05, 0.1) is 26.9 Å². The summed E-state index contributed by atoms with van der Waals surface area (Å²) in [7, 11) is 4.42. The van der Waals surface area contributed by atoms with E-state index in [1.54, 1.807) is 44.6 Å². The molecule has 0 aliphatic rings. The Morgan fingerprint density at radius 2 is 1.73 bits per heavy atom. The van der Waals surface area contributed by atoms with Crippen LogP contribution in [0.2, 0.25) is 0 Å². The molecule has 7 heteroatoms. The molecule has 0 spiro atoms. The van der Waals surface area contributed by atoms with Gasteiger partial charge in [-0.25, -0.2) is 4.79 Å². The topological polar surface area (TPSA) is 83.1 Å². The molecule has 0 unspecified atom stereocenters. The number of benzene rings is 2. The highest BCUT2D eigenvalue weighted by Crippen LogP contribution is 2.27. The van der Waals surface area contributed by atoms with Crippen molar-refractivity contribution in [1.82, 2.24) is 5.32 Å². The molecule has 0 fully saturated rings. The van der Waals surface area contributed by atoms with E-state index in [1.165, 1.54) is 13.2 Å². The predicted octanol–water partition coefficient (Wildman–Crippen LogP) is 2.19. The highest BCUT2D eigenvalue weighted by Gasteiger charge is 2.09. The number of esters is 1. The number of carbonyl (C=O) groups is 2. The SMILES string of the molecule is COC(=O)c1cccc(OCC(=O)NCc2ccc(OC)c(OC)c2)c1. The molecule has 2 aromatic rings. The number of hydrogen-bond donors (Lipinski definition) is 1. The van der Waals surface area contributed by atoms with Crippen LogP contribution in [0.1, 0.15) is 15.9 Å². The lowest BCUT2D eigenvalue weighted by atomic mass is 10.2. The third kappa shape index (κ3) is 5.14. The van der Waals surface area contributed by atoms with E-state index in [9.17, 15) is 9.59 Å². The maximum absolute atomic E-state index is 12.0. The molecule has 0 aliphatic carbocycles. The molecule has 2 rings (SSSR count). The first-order valence-electron chi connectivity index (χ1n) is 7.86. The first kappa shape index (κ1) is 19.1. The van der Waals surface area contributed by atoms with E-state index in [0.29, 0.717) is 29.4 Å². The second-order valence-electron chi connectivity index (χ2n) is 5.27. The van der Waals surface area contributed by atoms with Crippen molar-refractivity contribution >= 4 is 11.9 Å². The van der Waals surface area contributed by atoms with Gasteiger partial charge in [-0.1, -0.05) is 12.1 Å². The normalized spacial score (nSPS) is 9.96. The monoisotopic (exact) mass is 359 g/mol. The minimum absolute atomic E-state index is 0.169. The molecule has 2 aromatic carbocycles. The molecule has 0 radical (unpaired) electrons. The van der Waals surface area contributed by atoms with Crippen LogP contribution < -0.4 is 19.5 Å². The Bertz CT molecular complexity index is 774. The second-order valence-corrected chi connectivity index (χ2v) is 5.27. The number of carbonyl (C=O) groups excluding carboxylic acids is 2. The fourth-order valence-corrected chi connectivity index (χ4v) is 2.22. The Kier molecular flexibility index (Phi) is 6.84. The minimum Gasteiger partial charge on any atom is -0.493 e. The van der Waals surface area contributed by atoms with Gasteiger partial charge in [0.1, 0.15) is 5.75 Å². The molecule has 0 atom stereocenters. The summed E-state index contributed by atoms with van der Waals surface area (Å²) in [6.45, 7) is 0.155. The van der Waals surface area contributed by atoms with Crippen LogP contribution in [-0.2, 0) is 16.1 Å². The maximum atomic E-state index is 12.0. The minimum atomic E-state index is -0.464.